The number of piperidine rings is 1. The van der Waals surface area contributed by atoms with Gasteiger partial charge in [0.05, 0.1) is 5.71 Å². The zero-order valence-electron chi connectivity index (χ0n) is 14.2. The minimum atomic E-state index is -0.700. The van der Waals surface area contributed by atoms with Gasteiger partial charge in [-0.1, -0.05) is 6.92 Å². The molecule has 2 heterocycles. The van der Waals surface area contributed by atoms with Crippen molar-refractivity contribution in [1.29, 1.82) is 0 Å². The molecule has 3 N–H and O–H groups in total. The molecule has 3 amide bonds. The van der Waals surface area contributed by atoms with E-state index < -0.39 is 6.03 Å². The van der Waals surface area contributed by atoms with E-state index >= 15 is 0 Å². The van der Waals surface area contributed by atoms with Crippen LogP contribution in [-0.4, -0.2) is 35.6 Å². The van der Waals surface area contributed by atoms with Crippen molar-refractivity contribution in [3.8, 4) is 0 Å². The SMILES string of the molecule is Cc1c(C(=O)N2CCC(C)CC2)oc2c1/C(=N/NC(N)=O)CCC2. The first-order valence-corrected chi connectivity index (χ1v) is 8.51. The number of primary amides is 1. The summed E-state index contributed by atoms with van der Waals surface area (Å²) in [6.45, 7) is 5.64. The number of carbonyl (C=O) groups is 2. The van der Waals surface area contributed by atoms with Crippen LogP contribution in [0.15, 0.2) is 9.52 Å². The van der Waals surface area contributed by atoms with Gasteiger partial charge in [-0.05, 0) is 38.5 Å². The number of rotatable bonds is 2. The van der Waals surface area contributed by atoms with Crippen LogP contribution < -0.4 is 11.2 Å². The quantitative estimate of drug-likeness (QED) is 0.811. The molecular weight excluding hydrogens is 308 g/mol. The van der Waals surface area contributed by atoms with E-state index in [1.165, 1.54) is 0 Å². The average molecular weight is 332 g/mol. The molecular formula is C17H24N4O3. The molecule has 2 aliphatic rings. The largest absolute Gasteiger partial charge is 0.455 e. The molecule has 0 aromatic carbocycles. The first-order valence-electron chi connectivity index (χ1n) is 8.51. The van der Waals surface area contributed by atoms with Gasteiger partial charge in [0.1, 0.15) is 5.76 Å². The molecule has 1 fully saturated rings. The molecule has 1 aliphatic heterocycles. The van der Waals surface area contributed by atoms with Gasteiger partial charge in [0.25, 0.3) is 5.91 Å². The lowest BCUT2D eigenvalue weighted by molar-refractivity contribution is 0.0662. The molecule has 1 aliphatic carbocycles. The second-order valence-electron chi connectivity index (χ2n) is 6.72. The summed E-state index contributed by atoms with van der Waals surface area (Å²) < 4.78 is 5.90. The number of furan rings is 1. The molecule has 0 bridgehead atoms. The Morgan fingerprint density at radius 3 is 2.67 bits per heavy atom. The summed E-state index contributed by atoms with van der Waals surface area (Å²) in [6, 6.07) is -0.700. The van der Waals surface area contributed by atoms with Crippen molar-refractivity contribution in [1.82, 2.24) is 10.3 Å². The van der Waals surface area contributed by atoms with Crippen molar-refractivity contribution in [2.45, 2.75) is 46.0 Å². The molecule has 7 heteroatoms. The van der Waals surface area contributed by atoms with Crippen LogP contribution in [0.2, 0.25) is 0 Å². The molecule has 0 radical (unpaired) electrons. The molecule has 0 spiro atoms. The highest BCUT2D eigenvalue weighted by Gasteiger charge is 2.31. The number of hydrazone groups is 1. The van der Waals surface area contributed by atoms with Crippen LogP contribution in [0.3, 0.4) is 0 Å². The van der Waals surface area contributed by atoms with Crippen molar-refractivity contribution in [2.75, 3.05) is 13.1 Å². The number of carbonyl (C=O) groups excluding carboxylic acids is 2. The molecule has 1 saturated heterocycles. The van der Waals surface area contributed by atoms with Gasteiger partial charge in [0.2, 0.25) is 0 Å². The molecule has 1 aromatic heterocycles. The highest BCUT2D eigenvalue weighted by Crippen LogP contribution is 2.31. The molecule has 7 nitrogen and oxygen atoms in total. The van der Waals surface area contributed by atoms with Crippen LogP contribution in [0.25, 0.3) is 0 Å². The third kappa shape index (κ3) is 3.16. The van der Waals surface area contributed by atoms with Gasteiger partial charge in [0.15, 0.2) is 5.76 Å². The van der Waals surface area contributed by atoms with E-state index in [1.54, 1.807) is 0 Å². The second kappa shape index (κ2) is 6.67. The number of hydrogen-bond acceptors (Lipinski definition) is 4. The fourth-order valence-corrected chi connectivity index (χ4v) is 3.46. The summed E-state index contributed by atoms with van der Waals surface area (Å²) in [6.07, 6.45) is 4.42. The Labute approximate surface area is 141 Å². The number of nitrogens with two attached hydrogens (primary N) is 1. The Morgan fingerprint density at radius 1 is 1.29 bits per heavy atom. The summed E-state index contributed by atoms with van der Waals surface area (Å²) in [5.74, 6) is 1.80. The lowest BCUT2D eigenvalue weighted by Gasteiger charge is -2.29. The van der Waals surface area contributed by atoms with E-state index in [1.807, 2.05) is 11.8 Å². The van der Waals surface area contributed by atoms with Gasteiger partial charge in [-0.15, -0.1) is 0 Å². The molecule has 0 unspecified atom stereocenters. The third-order valence-electron chi connectivity index (χ3n) is 4.89. The maximum absolute atomic E-state index is 12.8. The minimum Gasteiger partial charge on any atom is -0.455 e. The Balaban J connectivity index is 1.88. The van der Waals surface area contributed by atoms with Crippen molar-refractivity contribution in [2.24, 2.45) is 16.8 Å². The molecule has 24 heavy (non-hydrogen) atoms. The number of likely N-dealkylation sites (tertiary alicyclic amines) is 1. The fourth-order valence-electron chi connectivity index (χ4n) is 3.46. The van der Waals surface area contributed by atoms with Gasteiger partial charge in [-0.25, -0.2) is 10.2 Å². The number of hydrogen-bond donors (Lipinski definition) is 2. The Morgan fingerprint density at radius 2 is 2.00 bits per heavy atom. The third-order valence-corrected chi connectivity index (χ3v) is 4.89. The van der Waals surface area contributed by atoms with Gasteiger partial charge < -0.3 is 15.1 Å². The summed E-state index contributed by atoms with van der Waals surface area (Å²) >= 11 is 0. The fraction of sp³-hybridized carbons (Fsp3) is 0.588. The summed E-state index contributed by atoms with van der Waals surface area (Å²) in [7, 11) is 0. The number of nitrogens with one attached hydrogen (secondary N) is 1. The Bertz CT molecular complexity index is 684. The van der Waals surface area contributed by atoms with E-state index in [9.17, 15) is 9.59 Å². The molecule has 0 saturated carbocycles. The Kier molecular flexibility index (Phi) is 4.59. The van der Waals surface area contributed by atoms with E-state index in [0.29, 0.717) is 11.7 Å². The highest BCUT2D eigenvalue weighted by atomic mass is 16.4. The van der Waals surface area contributed by atoms with E-state index in [4.69, 9.17) is 10.2 Å². The zero-order valence-corrected chi connectivity index (χ0v) is 14.2. The molecule has 130 valence electrons. The van der Waals surface area contributed by atoms with Crippen LogP contribution in [0.1, 0.15) is 60.0 Å². The van der Waals surface area contributed by atoms with E-state index in [-0.39, 0.29) is 5.91 Å². The lowest BCUT2D eigenvalue weighted by atomic mass is 9.93. The molecule has 0 atom stereocenters. The zero-order chi connectivity index (χ0) is 17.3. The first kappa shape index (κ1) is 16.5. The number of aryl methyl sites for hydroxylation is 1. The summed E-state index contributed by atoms with van der Waals surface area (Å²) in [4.78, 5) is 25.6. The van der Waals surface area contributed by atoms with Crippen LogP contribution in [-0.2, 0) is 6.42 Å². The van der Waals surface area contributed by atoms with E-state index in [0.717, 1.165) is 67.8 Å². The van der Waals surface area contributed by atoms with Gasteiger partial charge in [-0.2, -0.15) is 5.10 Å². The number of amides is 3. The maximum Gasteiger partial charge on any atom is 0.332 e. The smallest absolute Gasteiger partial charge is 0.332 e. The van der Waals surface area contributed by atoms with Crippen LogP contribution in [0.5, 0.6) is 0 Å². The van der Waals surface area contributed by atoms with Crippen molar-refractivity contribution >= 4 is 17.6 Å². The van der Waals surface area contributed by atoms with Crippen molar-refractivity contribution in [3.63, 3.8) is 0 Å². The van der Waals surface area contributed by atoms with Gasteiger partial charge in [0, 0.05) is 30.6 Å². The van der Waals surface area contributed by atoms with Crippen LogP contribution in [0, 0.1) is 12.8 Å². The Hall–Kier alpha value is -2.31. The number of nitrogens with zero attached hydrogens (tertiary/aromatic N) is 2. The predicted octanol–water partition coefficient (Wildman–Crippen LogP) is 2.17. The number of fused-ring (bicyclic) bond motifs is 1. The maximum atomic E-state index is 12.8. The summed E-state index contributed by atoms with van der Waals surface area (Å²) in [5, 5.41) is 4.09. The van der Waals surface area contributed by atoms with Crippen molar-refractivity contribution in [3.05, 3.63) is 22.6 Å². The molecule has 3 rings (SSSR count). The van der Waals surface area contributed by atoms with Crippen LogP contribution >= 0.6 is 0 Å². The summed E-state index contributed by atoms with van der Waals surface area (Å²) in [5.41, 5.74) is 9.75. The van der Waals surface area contributed by atoms with Gasteiger partial charge in [-0.3, -0.25) is 4.79 Å². The highest BCUT2D eigenvalue weighted by molar-refractivity contribution is 6.06. The first-order chi connectivity index (χ1) is 11.5. The average Bonchev–Trinajstić information content (AvgIpc) is 2.90. The van der Waals surface area contributed by atoms with Gasteiger partial charge >= 0.3 is 6.03 Å². The second-order valence-corrected chi connectivity index (χ2v) is 6.72. The minimum absolute atomic E-state index is 0.0454. The standard InChI is InChI=1S/C17H24N4O3/c1-10-6-8-21(9-7-10)16(22)15-11(2)14-12(19-20-17(18)23)4-3-5-13(14)24-15/h10H,3-9H2,1-2H3,(H3,18,20,23)/b19-12+. The lowest BCUT2D eigenvalue weighted by Crippen LogP contribution is -2.38. The molecule has 1 aromatic rings. The van der Waals surface area contributed by atoms with E-state index in [2.05, 4.69) is 17.5 Å². The number of urea groups is 1. The topological polar surface area (TPSA) is 101 Å². The predicted molar refractivity (Wildman–Crippen MR) is 89.9 cm³/mol. The monoisotopic (exact) mass is 332 g/mol. The van der Waals surface area contributed by atoms with Crippen LogP contribution in [0.4, 0.5) is 4.79 Å². The van der Waals surface area contributed by atoms with Crippen molar-refractivity contribution < 1.29 is 14.0 Å². The normalized spacial score (nSPS) is 20.1.